The van der Waals surface area contributed by atoms with Crippen LogP contribution in [0.2, 0.25) is 0 Å². The molecule has 0 atom stereocenters. The number of H-pyrrole nitrogens is 1. The summed E-state index contributed by atoms with van der Waals surface area (Å²) in [7, 11) is 3.05. The molecule has 0 aliphatic heterocycles. The Kier molecular flexibility index (Phi) is 4.00. The number of fused-ring (bicyclic) bond motifs is 3. The minimum Gasteiger partial charge on any atom is -0.504 e. The standard InChI is InChI=1S/C19H16N4O4/c1-26-12-4-5-13-14(8-12)22-18-17(13)20-10-23(19(18)25)21-9-11-3-6-15(24)16(7-11)27-2/h3-10,22,24H,1-2H3/b21-9-. The molecular formula is C19H16N4O4. The molecule has 8 nitrogen and oxygen atoms in total. The van der Waals surface area contributed by atoms with Gasteiger partial charge in [0, 0.05) is 11.5 Å². The first-order chi connectivity index (χ1) is 13.1. The number of aromatic amines is 1. The van der Waals surface area contributed by atoms with Crippen molar-refractivity contribution in [2.24, 2.45) is 5.10 Å². The Morgan fingerprint density at radius 1 is 1.19 bits per heavy atom. The van der Waals surface area contributed by atoms with E-state index < -0.39 is 0 Å². The van der Waals surface area contributed by atoms with Crippen LogP contribution in [0, 0.1) is 0 Å². The Hall–Kier alpha value is -3.81. The highest BCUT2D eigenvalue weighted by atomic mass is 16.5. The predicted molar refractivity (Wildman–Crippen MR) is 102 cm³/mol. The van der Waals surface area contributed by atoms with Crippen molar-refractivity contribution in [3.8, 4) is 17.2 Å². The van der Waals surface area contributed by atoms with Crippen LogP contribution in [0.15, 0.2) is 52.6 Å². The van der Waals surface area contributed by atoms with Gasteiger partial charge in [0.1, 0.15) is 23.1 Å². The summed E-state index contributed by atoms with van der Waals surface area (Å²) in [5.41, 5.74) is 2.05. The van der Waals surface area contributed by atoms with Crippen molar-refractivity contribution in [1.29, 1.82) is 0 Å². The van der Waals surface area contributed by atoms with Crippen LogP contribution >= 0.6 is 0 Å². The average Bonchev–Trinajstić information content (AvgIpc) is 3.07. The van der Waals surface area contributed by atoms with Gasteiger partial charge >= 0.3 is 0 Å². The monoisotopic (exact) mass is 364 g/mol. The van der Waals surface area contributed by atoms with Crippen molar-refractivity contribution >= 4 is 28.2 Å². The van der Waals surface area contributed by atoms with E-state index in [-0.39, 0.29) is 11.3 Å². The highest BCUT2D eigenvalue weighted by molar-refractivity contribution is 6.04. The molecule has 2 aromatic carbocycles. The Balaban J connectivity index is 1.77. The summed E-state index contributed by atoms with van der Waals surface area (Å²) in [5.74, 6) is 1.04. The lowest BCUT2D eigenvalue weighted by atomic mass is 10.2. The molecule has 136 valence electrons. The molecule has 0 bridgehead atoms. The molecule has 0 amide bonds. The number of methoxy groups -OCH3 is 2. The molecule has 27 heavy (non-hydrogen) atoms. The van der Waals surface area contributed by atoms with Crippen molar-refractivity contribution in [1.82, 2.24) is 14.6 Å². The van der Waals surface area contributed by atoms with Crippen LogP contribution in [-0.4, -0.2) is 40.2 Å². The van der Waals surface area contributed by atoms with Gasteiger partial charge in [0.15, 0.2) is 11.5 Å². The quantitative estimate of drug-likeness (QED) is 0.542. The van der Waals surface area contributed by atoms with Crippen LogP contribution in [-0.2, 0) is 0 Å². The molecular weight excluding hydrogens is 348 g/mol. The van der Waals surface area contributed by atoms with Gasteiger partial charge in [0.25, 0.3) is 5.56 Å². The van der Waals surface area contributed by atoms with E-state index in [4.69, 9.17) is 9.47 Å². The van der Waals surface area contributed by atoms with E-state index in [2.05, 4.69) is 15.1 Å². The van der Waals surface area contributed by atoms with Crippen molar-refractivity contribution in [3.05, 3.63) is 58.6 Å². The first kappa shape index (κ1) is 16.6. The second kappa shape index (κ2) is 6.49. The molecule has 4 aromatic rings. The van der Waals surface area contributed by atoms with Crippen molar-refractivity contribution < 1.29 is 14.6 Å². The van der Waals surface area contributed by atoms with Crippen LogP contribution in [0.3, 0.4) is 0 Å². The van der Waals surface area contributed by atoms with Gasteiger partial charge in [0.05, 0.1) is 26.0 Å². The van der Waals surface area contributed by atoms with E-state index in [1.165, 1.54) is 25.7 Å². The van der Waals surface area contributed by atoms with Gasteiger partial charge in [-0.05, 0) is 35.9 Å². The summed E-state index contributed by atoms with van der Waals surface area (Å²) < 4.78 is 11.4. The summed E-state index contributed by atoms with van der Waals surface area (Å²) in [6, 6.07) is 10.3. The summed E-state index contributed by atoms with van der Waals surface area (Å²) >= 11 is 0. The van der Waals surface area contributed by atoms with Gasteiger partial charge in [-0.2, -0.15) is 9.78 Å². The number of aromatic nitrogens is 3. The zero-order valence-electron chi connectivity index (χ0n) is 14.6. The number of benzene rings is 2. The van der Waals surface area contributed by atoms with Crippen molar-refractivity contribution in [3.63, 3.8) is 0 Å². The van der Waals surface area contributed by atoms with Gasteiger partial charge in [-0.15, -0.1) is 0 Å². The average molecular weight is 364 g/mol. The zero-order valence-corrected chi connectivity index (χ0v) is 14.6. The van der Waals surface area contributed by atoms with Crippen LogP contribution in [0.25, 0.3) is 21.9 Å². The van der Waals surface area contributed by atoms with Crippen molar-refractivity contribution in [2.75, 3.05) is 14.2 Å². The highest BCUT2D eigenvalue weighted by Gasteiger charge is 2.11. The smallest absolute Gasteiger partial charge is 0.298 e. The SMILES string of the molecule is COc1ccc2c(c1)[nH]c1c(=O)n(/N=C\c3ccc(O)c(OC)c3)cnc12. The van der Waals surface area contributed by atoms with E-state index in [1.807, 2.05) is 18.2 Å². The fraction of sp³-hybridized carbons (Fsp3) is 0.105. The van der Waals surface area contributed by atoms with Crippen LogP contribution < -0.4 is 15.0 Å². The first-order valence-corrected chi connectivity index (χ1v) is 8.09. The Morgan fingerprint density at radius 2 is 2.04 bits per heavy atom. The highest BCUT2D eigenvalue weighted by Crippen LogP contribution is 2.26. The number of nitrogens with one attached hydrogen (secondary N) is 1. The molecule has 0 aliphatic rings. The van der Waals surface area contributed by atoms with Crippen LogP contribution in [0.1, 0.15) is 5.56 Å². The van der Waals surface area contributed by atoms with E-state index in [1.54, 1.807) is 19.2 Å². The van der Waals surface area contributed by atoms with E-state index in [9.17, 15) is 9.90 Å². The summed E-state index contributed by atoms with van der Waals surface area (Å²) in [6.45, 7) is 0. The summed E-state index contributed by atoms with van der Waals surface area (Å²) in [4.78, 5) is 20.2. The molecule has 0 saturated heterocycles. The maximum Gasteiger partial charge on any atom is 0.298 e. The summed E-state index contributed by atoms with van der Waals surface area (Å²) in [5, 5.41) is 14.6. The molecule has 0 spiro atoms. The number of nitrogens with zero attached hydrogens (tertiary/aromatic N) is 3. The Morgan fingerprint density at radius 3 is 2.81 bits per heavy atom. The maximum atomic E-state index is 12.7. The third kappa shape index (κ3) is 2.86. The lowest BCUT2D eigenvalue weighted by Crippen LogP contribution is -2.17. The van der Waals surface area contributed by atoms with Gasteiger partial charge in [-0.1, -0.05) is 0 Å². The van der Waals surface area contributed by atoms with Crippen molar-refractivity contribution in [2.45, 2.75) is 0 Å². The number of aromatic hydroxyl groups is 1. The van der Waals surface area contributed by atoms with Gasteiger partial charge in [-0.25, -0.2) is 4.98 Å². The fourth-order valence-corrected chi connectivity index (χ4v) is 2.84. The molecule has 0 unspecified atom stereocenters. The molecule has 0 radical (unpaired) electrons. The third-order valence-corrected chi connectivity index (χ3v) is 4.23. The number of ether oxygens (including phenoxy) is 2. The molecule has 4 rings (SSSR count). The molecule has 0 aliphatic carbocycles. The molecule has 0 fully saturated rings. The first-order valence-electron chi connectivity index (χ1n) is 8.09. The fourth-order valence-electron chi connectivity index (χ4n) is 2.84. The van der Waals surface area contributed by atoms with Gasteiger partial charge in [0.2, 0.25) is 0 Å². The Labute approximate surface area is 153 Å². The second-order valence-corrected chi connectivity index (χ2v) is 5.83. The number of phenols is 1. The lowest BCUT2D eigenvalue weighted by Gasteiger charge is -2.03. The second-order valence-electron chi connectivity index (χ2n) is 5.83. The number of hydrogen-bond acceptors (Lipinski definition) is 6. The zero-order chi connectivity index (χ0) is 19.0. The maximum absolute atomic E-state index is 12.7. The number of rotatable bonds is 4. The number of hydrogen-bond donors (Lipinski definition) is 2. The van der Waals surface area contributed by atoms with Crippen LogP contribution in [0.5, 0.6) is 17.2 Å². The summed E-state index contributed by atoms with van der Waals surface area (Å²) in [6.07, 6.45) is 2.86. The molecule has 2 heterocycles. The largest absolute Gasteiger partial charge is 0.504 e. The molecule has 0 saturated carbocycles. The van der Waals surface area contributed by atoms with Gasteiger partial charge in [-0.3, -0.25) is 4.79 Å². The van der Waals surface area contributed by atoms with E-state index >= 15 is 0 Å². The van der Waals surface area contributed by atoms with Crippen LogP contribution in [0.4, 0.5) is 0 Å². The lowest BCUT2D eigenvalue weighted by molar-refractivity contribution is 0.373. The molecule has 8 heteroatoms. The van der Waals surface area contributed by atoms with Gasteiger partial charge < -0.3 is 19.6 Å². The third-order valence-electron chi connectivity index (χ3n) is 4.23. The Bertz CT molecular complexity index is 1240. The number of phenolic OH excluding ortho intramolecular Hbond substituents is 1. The topological polar surface area (TPSA) is 102 Å². The predicted octanol–water partition coefficient (Wildman–Crippen LogP) is 2.48. The normalized spacial score (nSPS) is 11.5. The minimum absolute atomic E-state index is 0.0309. The molecule has 2 N–H and O–H groups in total. The molecule has 2 aromatic heterocycles. The van der Waals surface area contributed by atoms with E-state index in [0.717, 1.165) is 15.6 Å². The van der Waals surface area contributed by atoms with E-state index in [0.29, 0.717) is 28.1 Å². The minimum atomic E-state index is -0.322.